The van der Waals surface area contributed by atoms with E-state index in [0.717, 1.165) is 25.7 Å². The van der Waals surface area contributed by atoms with Crippen molar-refractivity contribution in [3.05, 3.63) is 0 Å². The van der Waals surface area contributed by atoms with E-state index in [0.29, 0.717) is 25.3 Å². The molecule has 2 aliphatic heterocycles. The highest BCUT2D eigenvalue weighted by molar-refractivity contribution is 7.91. The summed E-state index contributed by atoms with van der Waals surface area (Å²) in [6, 6.07) is -0.691. The maximum atomic E-state index is 12.9. The second-order valence-corrected chi connectivity index (χ2v) is 9.84. The van der Waals surface area contributed by atoms with E-state index in [1.165, 1.54) is 0 Å². The van der Waals surface area contributed by atoms with Crippen LogP contribution in [0, 0.1) is 5.92 Å². The lowest BCUT2D eigenvalue weighted by Crippen LogP contribution is -2.51. The Bertz CT molecular complexity index is 641. The largest absolute Gasteiger partial charge is 0.480 e. The molecule has 3 fully saturated rings. The zero-order chi connectivity index (χ0) is 18.2. The molecule has 2 saturated heterocycles. The van der Waals surface area contributed by atoms with E-state index >= 15 is 0 Å². The Morgan fingerprint density at radius 2 is 1.88 bits per heavy atom. The molecule has 26 heavy (non-hydrogen) atoms. The van der Waals surface area contributed by atoms with Gasteiger partial charge in [-0.05, 0) is 38.5 Å². The van der Waals surface area contributed by atoms with Crippen LogP contribution in [0.1, 0.15) is 45.4 Å². The van der Waals surface area contributed by atoms with Crippen LogP contribution in [0.3, 0.4) is 0 Å². The van der Waals surface area contributed by atoms with Gasteiger partial charge in [0, 0.05) is 18.6 Å². The van der Waals surface area contributed by atoms with E-state index in [1.54, 1.807) is 4.90 Å². The molecule has 150 valence electrons. The Labute approximate surface area is 161 Å². The summed E-state index contributed by atoms with van der Waals surface area (Å²) in [7, 11) is -3.06. The molecule has 7 nitrogen and oxygen atoms in total. The van der Waals surface area contributed by atoms with Gasteiger partial charge in [-0.1, -0.05) is 12.8 Å². The first kappa shape index (κ1) is 21.4. The number of sulfone groups is 1. The van der Waals surface area contributed by atoms with Crippen LogP contribution in [0.4, 0.5) is 0 Å². The first-order valence-electron chi connectivity index (χ1n) is 9.31. The summed E-state index contributed by atoms with van der Waals surface area (Å²) in [6.45, 7) is 2.39. The van der Waals surface area contributed by atoms with Crippen molar-refractivity contribution in [2.45, 2.75) is 63.6 Å². The van der Waals surface area contributed by atoms with Crippen LogP contribution in [0.25, 0.3) is 0 Å². The Morgan fingerprint density at radius 3 is 2.46 bits per heavy atom. The van der Waals surface area contributed by atoms with Crippen LogP contribution < -0.4 is 0 Å². The van der Waals surface area contributed by atoms with Gasteiger partial charge in [-0.3, -0.25) is 14.5 Å². The van der Waals surface area contributed by atoms with E-state index < -0.39 is 21.8 Å². The van der Waals surface area contributed by atoms with Crippen LogP contribution >= 0.6 is 12.4 Å². The third kappa shape index (κ3) is 4.34. The fraction of sp³-hybridized carbons (Fsp3) is 0.882. The minimum atomic E-state index is -3.06. The number of rotatable bonds is 5. The van der Waals surface area contributed by atoms with E-state index in [4.69, 9.17) is 0 Å². The van der Waals surface area contributed by atoms with E-state index in [1.807, 2.05) is 11.8 Å². The van der Waals surface area contributed by atoms with Gasteiger partial charge in [0.25, 0.3) is 0 Å². The molecule has 3 aliphatic rings. The molecular formula is C17H29ClN2O5S. The fourth-order valence-electron chi connectivity index (χ4n) is 4.93. The monoisotopic (exact) mass is 408 g/mol. The smallest absolute Gasteiger partial charge is 0.320 e. The minimum Gasteiger partial charge on any atom is -0.480 e. The number of likely N-dealkylation sites (N-methyl/N-ethyl adjacent to an activating group) is 1. The van der Waals surface area contributed by atoms with Gasteiger partial charge in [0.2, 0.25) is 5.91 Å². The molecule has 0 aromatic heterocycles. The lowest BCUT2D eigenvalue weighted by atomic mass is 9.85. The molecule has 0 aromatic carbocycles. The summed E-state index contributed by atoms with van der Waals surface area (Å²) in [5, 5.41) is 9.57. The Balaban J connectivity index is 0.00000243. The van der Waals surface area contributed by atoms with E-state index in [2.05, 4.69) is 0 Å². The number of halogens is 1. The fourth-order valence-corrected chi connectivity index (χ4v) is 6.66. The zero-order valence-electron chi connectivity index (χ0n) is 15.2. The van der Waals surface area contributed by atoms with Gasteiger partial charge in [0.1, 0.15) is 6.04 Å². The third-order valence-corrected chi connectivity index (χ3v) is 7.88. The van der Waals surface area contributed by atoms with Crippen molar-refractivity contribution >= 4 is 34.1 Å². The number of fused-ring (bicyclic) bond motifs is 1. The standard InChI is InChI=1S/C17H28N2O5S.ClH/c1-2-18(13-7-8-25(23,24)11-13)16(20)10-19-14-6-4-3-5-12(14)9-15(19)17(21)22;/h12-15H,2-11H2,1H3,(H,21,22);1H. The van der Waals surface area contributed by atoms with Gasteiger partial charge < -0.3 is 10.0 Å². The van der Waals surface area contributed by atoms with Crippen molar-refractivity contribution in [1.29, 1.82) is 0 Å². The predicted molar refractivity (Wildman–Crippen MR) is 100 cm³/mol. The molecule has 2 heterocycles. The quantitative estimate of drug-likeness (QED) is 0.733. The number of likely N-dealkylation sites (tertiary alicyclic amines) is 1. The van der Waals surface area contributed by atoms with Gasteiger partial charge >= 0.3 is 5.97 Å². The Morgan fingerprint density at radius 1 is 1.19 bits per heavy atom. The van der Waals surface area contributed by atoms with Crippen LogP contribution in [-0.2, 0) is 19.4 Å². The SMILES string of the molecule is CCN(C(=O)CN1C(C(=O)O)CC2CCCCC21)C1CCS(=O)(=O)C1.Cl. The summed E-state index contributed by atoms with van der Waals surface area (Å²) >= 11 is 0. The molecule has 4 atom stereocenters. The van der Waals surface area contributed by atoms with Gasteiger partial charge in [-0.25, -0.2) is 8.42 Å². The maximum absolute atomic E-state index is 12.9. The number of hydrogen-bond acceptors (Lipinski definition) is 5. The Hall–Kier alpha value is -0.860. The summed E-state index contributed by atoms with van der Waals surface area (Å²) in [5.41, 5.74) is 0. The number of carbonyl (C=O) groups is 2. The number of amides is 1. The van der Waals surface area contributed by atoms with Gasteiger partial charge in [0.05, 0.1) is 18.1 Å². The molecule has 9 heteroatoms. The second kappa shape index (κ2) is 8.44. The van der Waals surface area contributed by atoms with Crippen LogP contribution in [-0.4, -0.2) is 77.9 Å². The number of aliphatic carboxylic acids is 1. The van der Waals surface area contributed by atoms with Gasteiger partial charge in [-0.2, -0.15) is 0 Å². The van der Waals surface area contributed by atoms with Crippen molar-refractivity contribution in [3.63, 3.8) is 0 Å². The average Bonchev–Trinajstić information content (AvgIpc) is 3.09. The number of nitrogens with zero attached hydrogens (tertiary/aromatic N) is 2. The lowest BCUT2D eigenvalue weighted by molar-refractivity contribution is -0.144. The zero-order valence-corrected chi connectivity index (χ0v) is 16.8. The lowest BCUT2D eigenvalue weighted by Gasteiger charge is -2.35. The van der Waals surface area contributed by atoms with Gasteiger partial charge in [-0.15, -0.1) is 12.4 Å². The summed E-state index contributed by atoms with van der Waals surface area (Å²) in [4.78, 5) is 28.1. The Kier molecular flexibility index (Phi) is 6.96. The third-order valence-electron chi connectivity index (χ3n) is 6.13. The number of carboxylic acid groups (broad SMARTS) is 1. The predicted octanol–water partition coefficient (Wildman–Crippen LogP) is 1.16. The topological polar surface area (TPSA) is 95.0 Å². The maximum Gasteiger partial charge on any atom is 0.320 e. The van der Waals surface area contributed by atoms with E-state index in [-0.39, 0.29) is 48.4 Å². The number of hydrogen-bond donors (Lipinski definition) is 1. The molecule has 0 spiro atoms. The molecule has 0 radical (unpaired) electrons. The van der Waals surface area contributed by atoms with Gasteiger partial charge in [0.15, 0.2) is 9.84 Å². The molecule has 1 amide bonds. The van der Waals surface area contributed by atoms with Crippen molar-refractivity contribution in [1.82, 2.24) is 9.80 Å². The average molecular weight is 409 g/mol. The highest BCUT2D eigenvalue weighted by atomic mass is 35.5. The van der Waals surface area contributed by atoms with Crippen LogP contribution in [0.15, 0.2) is 0 Å². The highest BCUT2D eigenvalue weighted by Gasteiger charge is 2.46. The molecule has 1 aliphatic carbocycles. The van der Waals surface area contributed by atoms with Crippen LogP contribution in [0.2, 0.25) is 0 Å². The van der Waals surface area contributed by atoms with Crippen molar-refractivity contribution < 1.29 is 23.1 Å². The molecule has 1 N–H and O–H groups in total. The molecule has 0 bridgehead atoms. The first-order chi connectivity index (χ1) is 11.8. The summed E-state index contributed by atoms with van der Waals surface area (Å²) in [5.74, 6) is -0.463. The van der Waals surface area contributed by atoms with Crippen molar-refractivity contribution in [3.8, 4) is 0 Å². The molecule has 4 unspecified atom stereocenters. The first-order valence-corrected chi connectivity index (χ1v) is 11.1. The van der Waals surface area contributed by atoms with Crippen molar-refractivity contribution in [2.24, 2.45) is 5.92 Å². The highest BCUT2D eigenvalue weighted by Crippen LogP contribution is 2.39. The molecule has 0 aromatic rings. The molecule has 1 saturated carbocycles. The van der Waals surface area contributed by atoms with Crippen LogP contribution in [0.5, 0.6) is 0 Å². The van der Waals surface area contributed by atoms with Crippen molar-refractivity contribution in [2.75, 3.05) is 24.6 Å². The number of carbonyl (C=O) groups excluding carboxylic acids is 1. The summed E-state index contributed by atoms with van der Waals surface area (Å²) < 4.78 is 23.5. The number of carboxylic acids is 1. The molecule has 3 rings (SSSR count). The summed E-state index contributed by atoms with van der Waals surface area (Å²) in [6.07, 6.45) is 5.31. The second-order valence-electron chi connectivity index (χ2n) is 7.61. The normalized spacial score (nSPS) is 33.3. The van der Waals surface area contributed by atoms with E-state index in [9.17, 15) is 23.1 Å². The minimum absolute atomic E-state index is 0. The molecular weight excluding hydrogens is 380 g/mol.